The van der Waals surface area contributed by atoms with Crippen LogP contribution in [0.4, 0.5) is 0 Å². The first-order valence-corrected chi connectivity index (χ1v) is 5.84. The van der Waals surface area contributed by atoms with Crippen molar-refractivity contribution in [1.29, 1.82) is 0 Å². The number of rotatable bonds is 3. The summed E-state index contributed by atoms with van der Waals surface area (Å²) in [5, 5.41) is 10.2. The zero-order chi connectivity index (χ0) is 11.6. The summed E-state index contributed by atoms with van der Waals surface area (Å²) in [6.07, 6.45) is 0. The second kappa shape index (κ2) is 4.30. The summed E-state index contributed by atoms with van der Waals surface area (Å²) in [6.45, 7) is 4.46. The van der Waals surface area contributed by atoms with Gasteiger partial charge in [0.2, 0.25) is 0 Å². The van der Waals surface area contributed by atoms with Crippen molar-refractivity contribution in [3.05, 3.63) is 28.8 Å². The minimum Gasteiger partial charge on any atom is -0.234 e. The van der Waals surface area contributed by atoms with Crippen molar-refractivity contribution in [2.24, 2.45) is 0 Å². The number of hydrogen-bond donors (Lipinski definition) is 0. The minimum absolute atomic E-state index is 0.0407. The molecule has 1 rings (SSSR count). The van der Waals surface area contributed by atoms with E-state index in [1.807, 2.05) is 20.8 Å². The molecule has 0 N–H and O–H groups in total. The lowest BCUT2D eigenvalue weighted by Crippen LogP contribution is -2.07. The molecule has 0 aliphatic rings. The Labute approximate surface area is 89.6 Å². The molecule has 0 aliphatic carbocycles. The van der Waals surface area contributed by atoms with Gasteiger partial charge < -0.3 is 0 Å². The third-order valence-corrected chi connectivity index (χ3v) is 3.61. The Morgan fingerprint density at radius 3 is 2.00 bits per heavy atom. The van der Waals surface area contributed by atoms with Crippen LogP contribution >= 0.6 is 0 Å². The van der Waals surface area contributed by atoms with Crippen molar-refractivity contribution in [2.45, 2.75) is 25.7 Å². The van der Waals surface area contributed by atoms with Crippen LogP contribution in [0, 0.1) is 20.8 Å². The Hall–Kier alpha value is -0.910. The lowest BCUT2D eigenvalue weighted by Gasteiger charge is -2.08. The Morgan fingerprint density at radius 1 is 1.13 bits per heavy atom. The highest BCUT2D eigenvalue weighted by atomic mass is 32.2. The summed E-state index contributed by atoms with van der Waals surface area (Å²) in [4.78, 5) is 0.0407. The molecule has 0 bridgehead atoms. The van der Waals surface area contributed by atoms with Crippen LogP contribution in [0.2, 0.25) is 0 Å². The SMILES string of the molecule is Cc1cc(S(=O)(=O)OC[O])cc(C)c1C. The van der Waals surface area contributed by atoms with Crippen molar-refractivity contribution in [3.63, 3.8) is 0 Å². The molecule has 15 heavy (non-hydrogen) atoms. The van der Waals surface area contributed by atoms with Crippen LogP contribution in [0.25, 0.3) is 0 Å². The predicted molar refractivity (Wildman–Crippen MR) is 54.5 cm³/mol. The van der Waals surface area contributed by atoms with Crippen molar-refractivity contribution < 1.29 is 17.7 Å². The van der Waals surface area contributed by atoms with E-state index in [2.05, 4.69) is 4.18 Å². The average molecular weight is 229 g/mol. The Kier molecular flexibility index (Phi) is 3.49. The molecule has 4 nitrogen and oxygen atoms in total. The molecule has 83 valence electrons. The normalized spacial score (nSPS) is 11.7. The van der Waals surface area contributed by atoms with E-state index in [-0.39, 0.29) is 4.90 Å². The number of aryl methyl sites for hydroxylation is 2. The zero-order valence-electron chi connectivity index (χ0n) is 8.90. The molecule has 0 amide bonds. The second-order valence-corrected chi connectivity index (χ2v) is 4.99. The monoisotopic (exact) mass is 229 g/mol. The summed E-state index contributed by atoms with van der Waals surface area (Å²) >= 11 is 0. The van der Waals surface area contributed by atoms with Crippen LogP contribution in [0.15, 0.2) is 17.0 Å². The molecular formula is C10H13O4S. The standard InChI is InChI=1S/C10H13O4S/c1-7-4-10(5-8(2)9(7)3)15(12,13)14-6-11/h4-5H,6H2,1-3H3. The third-order valence-electron chi connectivity index (χ3n) is 2.39. The quantitative estimate of drug-likeness (QED) is 0.585. The van der Waals surface area contributed by atoms with E-state index in [0.29, 0.717) is 0 Å². The van der Waals surface area contributed by atoms with Crippen LogP contribution in [0.5, 0.6) is 0 Å². The molecule has 5 heteroatoms. The smallest absolute Gasteiger partial charge is 0.234 e. The van der Waals surface area contributed by atoms with Crippen molar-refractivity contribution in [2.75, 3.05) is 6.79 Å². The summed E-state index contributed by atoms with van der Waals surface area (Å²) in [7, 11) is -3.88. The van der Waals surface area contributed by atoms with Gasteiger partial charge in [-0.15, -0.1) is 0 Å². The topological polar surface area (TPSA) is 63.3 Å². The molecule has 1 aromatic rings. The molecule has 0 aromatic heterocycles. The maximum Gasteiger partial charge on any atom is 0.299 e. The molecule has 0 aliphatic heterocycles. The van der Waals surface area contributed by atoms with Crippen LogP contribution in [-0.4, -0.2) is 15.2 Å². The Morgan fingerprint density at radius 2 is 1.60 bits per heavy atom. The first kappa shape index (κ1) is 12.2. The van der Waals surface area contributed by atoms with Gasteiger partial charge in [-0.3, -0.25) is 0 Å². The van der Waals surface area contributed by atoms with Gasteiger partial charge in [0.05, 0.1) is 4.90 Å². The molecule has 0 fully saturated rings. The van der Waals surface area contributed by atoms with E-state index in [1.165, 1.54) is 12.1 Å². The van der Waals surface area contributed by atoms with E-state index < -0.39 is 16.9 Å². The summed E-state index contributed by atoms with van der Waals surface area (Å²) in [5.74, 6) is 0. The minimum atomic E-state index is -3.88. The number of hydrogen-bond acceptors (Lipinski definition) is 3. The first-order valence-electron chi connectivity index (χ1n) is 4.44. The van der Waals surface area contributed by atoms with Gasteiger partial charge in [0.1, 0.15) is 0 Å². The highest BCUT2D eigenvalue weighted by molar-refractivity contribution is 7.86. The highest BCUT2D eigenvalue weighted by Crippen LogP contribution is 2.20. The lowest BCUT2D eigenvalue weighted by molar-refractivity contribution is 0.0427. The van der Waals surface area contributed by atoms with Gasteiger partial charge in [0.15, 0.2) is 6.79 Å². The molecule has 0 saturated heterocycles. The van der Waals surface area contributed by atoms with E-state index in [1.54, 1.807) is 0 Å². The van der Waals surface area contributed by atoms with E-state index in [4.69, 9.17) is 0 Å². The lowest BCUT2D eigenvalue weighted by atomic mass is 10.1. The van der Waals surface area contributed by atoms with Crippen molar-refractivity contribution in [3.8, 4) is 0 Å². The fraction of sp³-hybridized carbons (Fsp3) is 0.400. The van der Waals surface area contributed by atoms with Gasteiger partial charge in [0.25, 0.3) is 10.1 Å². The van der Waals surface area contributed by atoms with Crippen molar-refractivity contribution >= 4 is 10.1 Å². The van der Waals surface area contributed by atoms with Crippen LogP contribution in [0.1, 0.15) is 16.7 Å². The molecule has 0 spiro atoms. The number of benzene rings is 1. The summed E-state index contributed by atoms with van der Waals surface area (Å²) < 4.78 is 27.0. The molecule has 0 unspecified atom stereocenters. The molecular weight excluding hydrogens is 216 g/mol. The van der Waals surface area contributed by atoms with Crippen LogP contribution < -0.4 is 0 Å². The second-order valence-electron chi connectivity index (χ2n) is 3.37. The van der Waals surface area contributed by atoms with Crippen LogP contribution in [-0.2, 0) is 19.4 Å². The largest absolute Gasteiger partial charge is 0.299 e. The maximum atomic E-state index is 11.4. The molecule has 1 radical (unpaired) electrons. The van der Waals surface area contributed by atoms with E-state index in [0.717, 1.165) is 16.7 Å². The highest BCUT2D eigenvalue weighted by Gasteiger charge is 2.16. The predicted octanol–water partition coefficient (Wildman–Crippen LogP) is 1.71. The third kappa shape index (κ3) is 2.56. The molecule has 0 saturated carbocycles. The van der Waals surface area contributed by atoms with E-state index >= 15 is 0 Å². The van der Waals surface area contributed by atoms with Gasteiger partial charge >= 0.3 is 0 Å². The van der Waals surface area contributed by atoms with Crippen molar-refractivity contribution in [1.82, 2.24) is 0 Å². The van der Waals surface area contributed by atoms with Gasteiger partial charge in [0, 0.05) is 0 Å². The van der Waals surface area contributed by atoms with Gasteiger partial charge in [-0.1, -0.05) is 0 Å². The Bertz CT molecular complexity index is 439. The van der Waals surface area contributed by atoms with E-state index in [9.17, 15) is 13.5 Å². The molecule has 0 heterocycles. The maximum absolute atomic E-state index is 11.4. The van der Waals surface area contributed by atoms with Gasteiger partial charge in [-0.25, -0.2) is 9.29 Å². The zero-order valence-corrected chi connectivity index (χ0v) is 9.72. The van der Waals surface area contributed by atoms with Gasteiger partial charge in [-0.05, 0) is 49.6 Å². The van der Waals surface area contributed by atoms with Crippen LogP contribution in [0.3, 0.4) is 0 Å². The summed E-state index contributed by atoms with van der Waals surface area (Å²) in [6, 6.07) is 3.01. The average Bonchev–Trinajstić information content (AvgIpc) is 2.13. The fourth-order valence-corrected chi connectivity index (χ4v) is 2.18. The molecule has 1 aromatic carbocycles. The Balaban J connectivity index is 3.29. The first-order chi connectivity index (χ1) is 6.88. The molecule has 0 atom stereocenters. The van der Waals surface area contributed by atoms with Gasteiger partial charge in [-0.2, -0.15) is 8.42 Å². The fourth-order valence-electron chi connectivity index (χ4n) is 1.27. The summed E-state index contributed by atoms with van der Waals surface area (Å²) in [5.41, 5.74) is 2.77.